The summed E-state index contributed by atoms with van der Waals surface area (Å²) in [6.07, 6.45) is 0. The minimum absolute atomic E-state index is 0.345. The Balaban J connectivity index is 1.94. The second-order valence-corrected chi connectivity index (χ2v) is 5.73. The van der Waals surface area contributed by atoms with E-state index in [0.717, 1.165) is 11.3 Å². The molecule has 0 spiro atoms. The number of hydrogen-bond acceptors (Lipinski definition) is 4. The number of methoxy groups -OCH3 is 1. The van der Waals surface area contributed by atoms with E-state index in [-0.39, 0.29) is 6.03 Å². The van der Waals surface area contributed by atoms with Gasteiger partial charge in [-0.2, -0.15) is 0 Å². The van der Waals surface area contributed by atoms with E-state index in [0.29, 0.717) is 42.8 Å². The number of hydrogen-bond donors (Lipinski definition) is 2. The van der Waals surface area contributed by atoms with Gasteiger partial charge in [0.25, 0.3) is 0 Å². The number of urea groups is 1. The summed E-state index contributed by atoms with van der Waals surface area (Å²) in [6.45, 7) is 3.68. The molecule has 0 aliphatic heterocycles. The smallest absolute Gasteiger partial charge is 0.319 e. The Morgan fingerprint density at radius 2 is 1.96 bits per heavy atom. The summed E-state index contributed by atoms with van der Waals surface area (Å²) in [5.74, 6) is 1.16. The zero-order valence-electron chi connectivity index (χ0n) is 14.9. The number of benzene rings is 2. The average Bonchev–Trinajstić information content (AvgIpc) is 2.65. The Morgan fingerprint density at radius 1 is 1.15 bits per heavy atom. The molecule has 2 N–H and O–H groups in total. The van der Waals surface area contributed by atoms with E-state index in [1.54, 1.807) is 25.3 Å². The fourth-order valence-electron chi connectivity index (χ4n) is 2.23. The van der Waals surface area contributed by atoms with E-state index in [2.05, 4.69) is 10.6 Å². The highest BCUT2D eigenvalue weighted by molar-refractivity contribution is 6.32. The number of anilines is 1. The van der Waals surface area contributed by atoms with Crippen molar-refractivity contribution in [1.29, 1.82) is 0 Å². The van der Waals surface area contributed by atoms with Gasteiger partial charge in [-0.1, -0.05) is 29.8 Å². The minimum Gasteiger partial charge on any atom is -0.497 e. The highest BCUT2D eigenvalue weighted by Gasteiger charge is 2.11. The largest absolute Gasteiger partial charge is 0.497 e. The lowest BCUT2D eigenvalue weighted by Crippen LogP contribution is -2.28. The molecule has 0 heterocycles. The number of halogens is 1. The van der Waals surface area contributed by atoms with E-state index in [1.807, 2.05) is 31.2 Å². The average molecular weight is 379 g/mol. The Labute approximate surface area is 158 Å². The molecule has 0 saturated carbocycles. The SMILES string of the molecule is CCOCCOc1c(Cl)cccc1NC(=O)NCc1cccc(OC)c1. The first-order valence-electron chi connectivity index (χ1n) is 8.31. The summed E-state index contributed by atoms with van der Waals surface area (Å²) in [6, 6.07) is 12.3. The highest BCUT2D eigenvalue weighted by atomic mass is 35.5. The lowest BCUT2D eigenvalue weighted by atomic mass is 10.2. The number of carbonyl (C=O) groups excluding carboxylic acids is 1. The number of para-hydroxylation sites is 1. The van der Waals surface area contributed by atoms with Crippen molar-refractivity contribution in [2.24, 2.45) is 0 Å². The van der Waals surface area contributed by atoms with Crippen LogP contribution in [-0.4, -0.2) is 33.0 Å². The number of rotatable bonds is 9. The summed E-state index contributed by atoms with van der Waals surface area (Å²) >= 11 is 6.18. The van der Waals surface area contributed by atoms with Gasteiger partial charge in [0.2, 0.25) is 0 Å². The minimum atomic E-state index is -0.357. The van der Waals surface area contributed by atoms with Crippen LogP contribution < -0.4 is 20.1 Å². The van der Waals surface area contributed by atoms with Crippen LogP contribution in [0, 0.1) is 0 Å². The van der Waals surface area contributed by atoms with Crippen LogP contribution >= 0.6 is 11.6 Å². The molecule has 0 atom stereocenters. The fourth-order valence-corrected chi connectivity index (χ4v) is 2.46. The van der Waals surface area contributed by atoms with Crippen molar-refractivity contribution in [3.8, 4) is 11.5 Å². The van der Waals surface area contributed by atoms with Crippen molar-refractivity contribution in [2.45, 2.75) is 13.5 Å². The Kier molecular flexibility index (Phi) is 8.05. The van der Waals surface area contributed by atoms with Crippen LogP contribution in [0.2, 0.25) is 5.02 Å². The molecule has 7 heteroatoms. The first-order valence-corrected chi connectivity index (χ1v) is 8.68. The van der Waals surface area contributed by atoms with E-state index in [1.165, 1.54) is 0 Å². The molecule has 140 valence electrons. The van der Waals surface area contributed by atoms with Crippen LogP contribution in [0.1, 0.15) is 12.5 Å². The summed E-state index contributed by atoms with van der Waals surface area (Å²) < 4.78 is 16.1. The van der Waals surface area contributed by atoms with Gasteiger partial charge >= 0.3 is 6.03 Å². The van der Waals surface area contributed by atoms with Crippen LogP contribution in [0.4, 0.5) is 10.5 Å². The topological polar surface area (TPSA) is 68.8 Å². The Bertz CT molecular complexity index is 724. The third kappa shape index (κ3) is 6.13. The van der Waals surface area contributed by atoms with Crippen LogP contribution in [0.15, 0.2) is 42.5 Å². The molecule has 0 radical (unpaired) electrons. The van der Waals surface area contributed by atoms with Gasteiger partial charge in [0.15, 0.2) is 5.75 Å². The molecule has 0 aromatic heterocycles. The van der Waals surface area contributed by atoms with Crippen molar-refractivity contribution in [3.63, 3.8) is 0 Å². The predicted molar refractivity (Wildman–Crippen MR) is 102 cm³/mol. The van der Waals surface area contributed by atoms with Gasteiger partial charge in [0.1, 0.15) is 12.4 Å². The van der Waals surface area contributed by atoms with E-state index in [4.69, 9.17) is 25.8 Å². The van der Waals surface area contributed by atoms with Gasteiger partial charge in [-0.15, -0.1) is 0 Å². The van der Waals surface area contributed by atoms with Crippen molar-refractivity contribution < 1.29 is 19.0 Å². The fraction of sp³-hybridized carbons (Fsp3) is 0.316. The van der Waals surface area contributed by atoms with Gasteiger partial charge in [-0.3, -0.25) is 0 Å². The molecule has 0 aliphatic carbocycles. The third-order valence-electron chi connectivity index (χ3n) is 3.48. The van der Waals surface area contributed by atoms with Gasteiger partial charge in [0.05, 0.1) is 24.4 Å². The summed E-state index contributed by atoms with van der Waals surface area (Å²) in [4.78, 5) is 12.2. The van der Waals surface area contributed by atoms with E-state index >= 15 is 0 Å². The van der Waals surface area contributed by atoms with Crippen LogP contribution in [0.3, 0.4) is 0 Å². The predicted octanol–water partition coefficient (Wildman–Crippen LogP) is 4.09. The molecule has 2 aromatic carbocycles. The normalized spacial score (nSPS) is 10.3. The van der Waals surface area contributed by atoms with Gasteiger partial charge in [-0.05, 0) is 36.8 Å². The number of carbonyl (C=O) groups is 1. The summed E-state index contributed by atoms with van der Waals surface area (Å²) in [7, 11) is 1.60. The number of ether oxygens (including phenoxy) is 3. The van der Waals surface area contributed by atoms with Crippen molar-refractivity contribution in [3.05, 3.63) is 53.1 Å². The van der Waals surface area contributed by atoms with Gasteiger partial charge in [0, 0.05) is 13.2 Å². The Morgan fingerprint density at radius 3 is 2.73 bits per heavy atom. The van der Waals surface area contributed by atoms with Gasteiger partial charge in [-0.25, -0.2) is 4.79 Å². The standard InChI is InChI=1S/C19H23ClN2O4/c1-3-25-10-11-26-18-16(20)8-5-9-17(18)22-19(23)21-13-14-6-4-7-15(12-14)24-2/h4-9,12H,3,10-11,13H2,1-2H3,(H2,21,22,23). The molecule has 0 saturated heterocycles. The monoisotopic (exact) mass is 378 g/mol. The molecule has 26 heavy (non-hydrogen) atoms. The van der Waals surface area contributed by atoms with Crippen LogP contribution in [0.25, 0.3) is 0 Å². The second kappa shape index (κ2) is 10.5. The van der Waals surface area contributed by atoms with Gasteiger partial charge < -0.3 is 24.8 Å². The molecule has 6 nitrogen and oxygen atoms in total. The van der Waals surface area contributed by atoms with Crippen molar-refractivity contribution >= 4 is 23.3 Å². The molecule has 0 bridgehead atoms. The molecular formula is C19H23ClN2O4. The van der Waals surface area contributed by atoms with Crippen molar-refractivity contribution in [1.82, 2.24) is 5.32 Å². The van der Waals surface area contributed by atoms with Crippen LogP contribution in [0.5, 0.6) is 11.5 Å². The third-order valence-corrected chi connectivity index (χ3v) is 3.78. The zero-order chi connectivity index (χ0) is 18.8. The molecule has 0 aliphatic rings. The first-order chi connectivity index (χ1) is 12.6. The van der Waals surface area contributed by atoms with E-state index in [9.17, 15) is 4.79 Å². The zero-order valence-corrected chi connectivity index (χ0v) is 15.6. The quantitative estimate of drug-likeness (QED) is 0.645. The lowest BCUT2D eigenvalue weighted by molar-refractivity contribution is 0.110. The number of nitrogens with one attached hydrogen (secondary N) is 2. The van der Waals surface area contributed by atoms with E-state index < -0.39 is 0 Å². The molecule has 0 fully saturated rings. The lowest BCUT2D eigenvalue weighted by Gasteiger charge is -2.14. The number of amides is 2. The summed E-state index contributed by atoms with van der Waals surface area (Å²) in [5, 5.41) is 5.98. The second-order valence-electron chi connectivity index (χ2n) is 5.32. The molecular weight excluding hydrogens is 356 g/mol. The summed E-state index contributed by atoms with van der Waals surface area (Å²) in [5.41, 5.74) is 1.43. The molecule has 2 aromatic rings. The Hall–Kier alpha value is -2.44. The maximum Gasteiger partial charge on any atom is 0.319 e. The maximum absolute atomic E-state index is 12.2. The van der Waals surface area contributed by atoms with Crippen molar-refractivity contribution in [2.75, 3.05) is 32.2 Å². The first kappa shape index (κ1) is 19.9. The maximum atomic E-state index is 12.2. The van der Waals surface area contributed by atoms with Crippen LogP contribution in [-0.2, 0) is 11.3 Å². The molecule has 2 amide bonds. The highest BCUT2D eigenvalue weighted by Crippen LogP contribution is 2.32. The molecule has 0 unspecified atom stereocenters. The molecule has 2 rings (SSSR count).